The zero-order valence-corrected chi connectivity index (χ0v) is 17.4. The molecule has 2 aromatic carbocycles. The molecule has 3 heterocycles. The number of hydrogen-bond acceptors (Lipinski definition) is 5. The highest BCUT2D eigenvalue weighted by molar-refractivity contribution is 5.86. The van der Waals surface area contributed by atoms with Crippen molar-refractivity contribution in [3.05, 3.63) is 60.2 Å². The van der Waals surface area contributed by atoms with E-state index in [4.69, 9.17) is 4.74 Å². The van der Waals surface area contributed by atoms with E-state index in [9.17, 15) is 13.6 Å². The van der Waals surface area contributed by atoms with E-state index in [0.717, 1.165) is 31.7 Å². The molecule has 5 rings (SSSR count). The molecule has 9 heteroatoms. The van der Waals surface area contributed by atoms with Gasteiger partial charge in [-0.2, -0.15) is 13.9 Å². The molecule has 1 aromatic heterocycles. The van der Waals surface area contributed by atoms with Crippen molar-refractivity contribution >= 4 is 17.9 Å². The van der Waals surface area contributed by atoms with E-state index in [1.807, 2.05) is 31.2 Å². The second-order valence-electron chi connectivity index (χ2n) is 7.69. The fourth-order valence-corrected chi connectivity index (χ4v) is 4.24. The molecule has 166 valence electrons. The molecule has 0 N–H and O–H groups in total. The van der Waals surface area contributed by atoms with Crippen molar-refractivity contribution in [3.63, 3.8) is 0 Å². The zero-order chi connectivity index (χ0) is 22.3. The van der Waals surface area contributed by atoms with Crippen molar-refractivity contribution < 1.29 is 23.0 Å². The van der Waals surface area contributed by atoms with E-state index in [2.05, 4.69) is 14.7 Å². The molecule has 2 saturated heterocycles. The first kappa shape index (κ1) is 20.6. The number of fused-ring (bicyclic) bond motifs is 1. The summed E-state index contributed by atoms with van der Waals surface area (Å²) in [5.74, 6) is 0.629. The third kappa shape index (κ3) is 3.53. The van der Waals surface area contributed by atoms with Gasteiger partial charge in [0.05, 0.1) is 18.0 Å². The van der Waals surface area contributed by atoms with Gasteiger partial charge in [0, 0.05) is 36.8 Å². The quantitative estimate of drug-likeness (QED) is 0.392. The predicted octanol–water partition coefficient (Wildman–Crippen LogP) is 3.96. The normalized spacial score (nSPS) is 21.4. The monoisotopic (exact) mass is 440 g/mol. The number of hydrogen-bond donors (Lipinski definition) is 0. The standard InChI is InChI=1S/C23H22F2N4O3/c1-2-29-21(13-20(26-29)16-4-3-5-19(12-16)32-22(24)25)28(15-30)18-8-6-17(7-9-18)23-14-27(23)10-11-31-23/h3-9,12-13,15,22H,2,10-11,14H2,1H3. The van der Waals surface area contributed by atoms with Crippen LogP contribution in [0.2, 0.25) is 0 Å². The van der Waals surface area contributed by atoms with Crippen molar-refractivity contribution in [1.82, 2.24) is 14.7 Å². The van der Waals surface area contributed by atoms with Gasteiger partial charge < -0.3 is 9.47 Å². The first-order valence-electron chi connectivity index (χ1n) is 10.4. The Kier molecular flexibility index (Phi) is 5.15. The van der Waals surface area contributed by atoms with Crippen LogP contribution in [-0.4, -0.2) is 47.4 Å². The summed E-state index contributed by atoms with van der Waals surface area (Å²) in [4.78, 5) is 15.8. The third-order valence-electron chi connectivity index (χ3n) is 5.88. The molecular formula is C23H22F2N4O3. The second-order valence-corrected chi connectivity index (χ2v) is 7.69. The van der Waals surface area contributed by atoms with Crippen LogP contribution in [0.4, 0.5) is 20.3 Å². The Hall–Kier alpha value is -3.30. The molecule has 3 aromatic rings. The van der Waals surface area contributed by atoms with Crippen LogP contribution in [-0.2, 0) is 21.8 Å². The molecule has 0 aliphatic carbocycles. The van der Waals surface area contributed by atoms with Crippen molar-refractivity contribution in [3.8, 4) is 17.0 Å². The van der Waals surface area contributed by atoms with Gasteiger partial charge in [-0.1, -0.05) is 24.3 Å². The molecule has 1 amide bonds. The summed E-state index contributed by atoms with van der Waals surface area (Å²) >= 11 is 0. The molecule has 2 fully saturated rings. The molecule has 0 bridgehead atoms. The number of aryl methyl sites for hydroxylation is 1. The summed E-state index contributed by atoms with van der Waals surface area (Å²) in [7, 11) is 0. The molecule has 2 unspecified atom stereocenters. The fourth-order valence-electron chi connectivity index (χ4n) is 4.24. The number of morpholine rings is 1. The molecule has 7 nitrogen and oxygen atoms in total. The van der Waals surface area contributed by atoms with Crippen molar-refractivity contribution in [2.75, 3.05) is 24.6 Å². The number of anilines is 2. The Bertz CT molecular complexity index is 1130. The van der Waals surface area contributed by atoms with Crippen molar-refractivity contribution in [1.29, 1.82) is 0 Å². The van der Waals surface area contributed by atoms with Crippen molar-refractivity contribution in [2.45, 2.75) is 25.8 Å². The average molecular weight is 440 g/mol. The second kappa shape index (κ2) is 7.99. The van der Waals surface area contributed by atoms with E-state index in [-0.39, 0.29) is 11.5 Å². The molecule has 0 spiro atoms. The number of benzene rings is 2. The summed E-state index contributed by atoms with van der Waals surface area (Å²) in [5.41, 5.74) is 2.64. The summed E-state index contributed by atoms with van der Waals surface area (Å²) in [6.07, 6.45) is 0.742. The summed E-state index contributed by atoms with van der Waals surface area (Å²) in [6.45, 7) is 2.09. The number of ether oxygens (including phenoxy) is 2. The number of aromatic nitrogens is 2. The number of alkyl halides is 2. The first-order valence-corrected chi connectivity index (χ1v) is 10.4. The van der Waals surface area contributed by atoms with Crippen LogP contribution in [0.5, 0.6) is 5.75 Å². The van der Waals surface area contributed by atoms with E-state index in [0.29, 0.717) is 29.3 Å². The van der Waals surface area contributed by atoms with Crippen LogP contribution in [0.3, 0.4) is 0 Å². The SMILES string of the molecule is CCn1nc(-c2cccc(OC(F)F)c2)cc1N(C=O)c1ccc(C23CN2CCO3)cc1. The number of halogens is 2. The Morgan fingerprint density at radius 1 is 1.25 bits per heavy atom. The fraction of sp³-hybridized carbons (Fsp3) is 0.304. The molecule has 2 atom stereocenters. The maximum Gasteiger partial charge on any atom is 0.387 e. The maximum atomic E-state index is 12.6. The number of carbonyl (C=O) groups excluding carboxylic acids is 1. The lowest BCUT2D eigenvalue weighted by Crippen LogP contribution is -2.19. The van der Waals surface area contributed by atoms with Crippen LogP contribution < -0.4 is 9.64 Å². The van der Waals surface area contributed by atoms with E-state index >= 15 is 0 Å². The summed E-state index contributed by atoms with van der Waals surface area (Å²) in [5, 5.41) is 4.56. The minimum Gasteiger partial charge on any atom is -0.435 e. The minimum absolute atomic E-state index is 0.0514. The number of rotatable bonds is 8. The highest BCUT2D eigenvalue weighted by Crippen LogP contribution is 2.47. The van der Waals surface area contributed by atoms with Gasteiger partial charge in [0.15, 0.2) is 5.72 Å². The number of amides is 1. The van der Waals surface area contributed by atoms with Crippen molar-refractivity contribution in [2.24, 2.45) is 0 Å². The topological polar surface area (TPSA) is 59.6 Å². The Morgan fingerprint density at radius 3 is 2.69 bits per heavy atom. The van der Waals surface area contributed by atoms with Gasteiger partial charge >= 0.3 is 6.61 Å². The minimum atomic E-state index is -2.90. The molecule has 2 aliphatic heterocycles. The zero-order valence-electron chi connectivity index (χ0n) is 17.4. The van der Waals surface area contributed by atoms with Crippen LogP contribution in [0.25, 0.3) is 11.3 Å². The Morgan fingerprint density at radius 2 is 2.06 bits per heavy atom. The number of carbonyl (C=O) groups is 1. The molecule has 0 saturated carbocycles. The summed E-state index contributed by atoms with van der Waals surface area (Å²) < 4.78 is 37.2. The molecule has 0 radical (unpaired) electrons. The average Bonchev–Trinajstić information content (AvgIpc) is 3.14. The molecule has 32 heavy (non-hydrogen) atoms. The first-order chi connectivity index (χ1) is 15.5. The lowest BCUT2D eigenvalue weighted by molar-refractivity contribution is -0.106. The Balaban J connectivity index is 1.44. The van der Waals surface area contributed by atoms with Crippen LogP contribution in [0.15, 0.2) is 54.6 Å². The van der Waals surface area contributed by atoms with Gasteiger partial charge in [0.2, 0.25) is 6.41 Å². The van der Waals surface area contributed by atoms with E-state index in [1.54, 1.807) is 22.9 Å². The van der Waals surface area contributed by atoms with E-state index in [1.165, 1.54) is 17.0 Å². The van der Waals surface area contributed by atoms with Crippen LogP contribution in [0.1, 0.15) is 12.5 Å². The number of nitrogens with zero attached hydrogens (tertiary/aromatic N) is 4. The highest BCUT2D eigenvalue weighted by atomic mass is 19.3. The van der Waals surface area contributed by atoms with Crippen LogP contribution in [0, 0.1) is 0 Å². The third-order valence-corrected chi connectivity index (χ3v) is 5.88. The van der Waals surface area contributed by atoms with Gasteiger partial charge in [0.25, 0.3) is 0 Å². The Labute approximate surface area is 183 Å². The van der Waals surface area contributed by atoms with Crippen LogP contribution >= 0.6 is 0 Å². The molecular weight excluding hydrogens is 418 g/mol. The van der Waals surface area contributed by atoms with E-state index < -0.39 is 6.61 Å². The molecule has 2 aliphatic rings. The summed E-state index contributed by atoms with van der Waals surface area (Å²) in [6, 6.07) is 15.8. The largest absolute Gasteiger partial charge is 0.435 e. The van der Waals surface area contributed by atoms with Gasteiger partial charge in [-0.05, 0) is 31.2 Å². The maximum absolute atomic E-state index is 12.6. The van der Waals surface area contributed by atoms with Gasteiger partial charge in [-0.15, -0.1) is 0 Å². The lowest BCUT2D eigenvalue weighted by Gasteiger charge is -2.19. The van der Waals surface area contributed by atoms with Gasteiger partial charge in [-0.25, -0.2) is 4.68 Å². The predicted molar refractivity (Wildman–Crippen MR) is 114 cm³/mol. The highest BCUT2D eigenvalue weighted by Gasteiger charge is 2.58. The smallest absolute Gasteiger partial charge is 0.387 e. The van der Waals surface area contributed by atoms with Gasteiger partial charge in [0.1, 0.15) is 11.6 Å². The van der Waals surface area contributed by atoms with Gasteiger partial charge in [-0.3, -0.25) is 14.6 Å². The lowest BCUT2D eigenvalue weighted by atomic mass is 10.1.